The van der Waals surface area contributed by atoms with Crippen LogP contribution in [0.1, 0.15) is 85.5 Å². The second-order valence-electron chi connectivity index (χ2n) is 5.04. The molecule has 0 aromatic carbocycles. The highest BCUT2D eigenvalue weighted by Gasteiger charge is 2.02. The molecule has 0 saturated heterocycles. The van der Waals surface area contributed by atoms with Gasteiger partial charge in [-0.25, -0.2) is 0 Å². The van der Waals surface area contributed by atoms with Crippen LogP contribution < -0.4 is 0 Å². The molecule has 0 saturated carbocycles. The Hall–Kier alpha value is -0.260. The summed E-state index contributed by atoms with van der Waals surface area (Å²) >= 11 is 0. The van der Waals surface area contributed by atoms with Gasteiger partial charge in [-0.15, -0.1) is 0 Å². The lowest BCUT2D eigenvalue weighted by atomic mass is 9.95. The van der Waals surface area contributed by atoms with Crippen LogP contribution in [0, 0.1) is 5.92 Å². The van der Waals surface area contributed by atoms with E-state index in [2.05, 4.69) is 33.8 Å². The molecule has 0 heterocycles. The molecule has 0 aliphatic rings. The van der Waals surface area contributed by atoms with Crippen molar-refractivity contribution < 1.29 is 0 Å². The van der Waals surface area contributed by atoms with Crippen LogP contribution >= 0.6 is 0 Å². The maximum atomic E-state index is 2.49. The monoisotopic (exact) mass is 223 g/mol. The molecule has 0 rings (SSSR count). The van der Waals surface area contributed by atoms with Crippen molar-refractivity contribution in [3.05, 3.63) is 17.6 Å². The molecule has 0 aliphatic carbocycles. The molecule has 0 nitrogen and oxygen atoms in total. The van der Waals surface area contributed by atoms with Crippen LogP contribution in [-0.4, -0.2) is 0 Å². The van der Waals surface area contributed by atoms with Gasteiger partial charge in [0.15, 0.2) is 0 Å². The van der Waals surface area contributed by atoms with E-state index >= 15 is 0 Å². The third-order valence-corrected chi connectivity index (χ3v) is 3.14. The average molecular weight is 223 g/mol. The second-order valence-corrected chi connectivity index (χ2v) is 5.04. The maximum Gasteiger partial charge on any atom is -0.00564 e. The Morgan fingerprint density at radius 1 is 0.812 bits per heavy atom. The minimum atomic E-state index is 1.28. The SMILES string of the molecule is CCCCCCC=C(CCCCC)[C](C)C. The predicted molar refractivity (Wildman–Crippen MR) is 75.6 cm³/mol. The lowest BCUT2D eigenvalue weighted by molar-refractivity contribution is 0.667. The first-order valence-corrected chi connectivity index (χ1v) is 7.21. The van der Waals surface area contributed by atoms with Crippen LogP contribution in [0.3, 0.4) is 0 Å². The van der Waals surface area contributed by atoms with E-state index in [1.54, 1.807) is 5.57 Å². The second kappa shape index (κ2) is 11.2. The van der Waals surface area contributed by atoms with Crippen molar-refractivity contribution in [2.45, 2.75) is 85.5 Å². The summed E-state index contributed by atoms with van der Waals surface area (Å²) in [5.41, 5.74) is 1.62. The molecule has 0 aromatic rings. The topological polar surface area (TPSA) is 0 Å². The zero-order valence-corrected chi connectivity index (χ0v) is 11.9. The van der Waals surface area contributed by atoms with Crippen LogP contribution in [0.2, 0.25) is 0 Å². The number of unbranched alkanes of at least 4 members (excludes halogenated alkanes) is 6. The number of hydrogen-bond donors (Lipinski definition) is 0. The summed E-state index contributed by atoms with van der Waals surface area (Å²) in [6.07, 6.45) is 14.6. The first-order chi connectivity index (χ1) is 7.72. The summed E-state index contributed by atoms with van der Waals surface area (Å²) in [7, 11) is 0. The summed E-state index contributed by atoms with van der Waals surface area (Å²) in [5, 5.41) is 0. The molecular weight excluding hydrogens is 192 g/mol. The molecule has 0 unspecified atom stereocenters. The highest BCUT2D eigenvalue weighted by Crippen LogP contribution is 2.20. The fraction of sp³-hybridized carbons (Fsp3) is 0.812. The Morgan fingerprint density at radius 2 is 1.44 bits per heavy atom. The predicted octanol–water partition coefficient (Wildman–Crippen LogP) is 6.08. The minimum absolute atomic E-state index is 1.28. The summed E-state index contributed by atoms with van der Waals surface area (Å²) in [5.74, 6) is 1.52. The Kier molecular flexibility index (Phi) is 11.0. The number of allylic oxidation sites excluding steroid dienone is 2. The van der Waals surface area contributed by atoms with Crippen LogP contribution in [0.5, 0.6) is 0 Å². The quantitative estimate of drug-likeness (QED) is 0.394. The van der Waals surface area contributed by atoms with Crippen molar-refractivity contribution in [2.75, 3.05) is 0 Å². The molecule has 0 aliphatic heterocycles. The smallest absolute Gasteiger partial charge is 0.00564 e. The molecule has 0 N–H and O–H groups in total. The van der Waals surface area contributed by atoms with E-state index in [1.807, 2.05) is 0 Å². The molecule has 0 atom stereocenters. The summed E-state index contributed by atoms with van der Waals surface area (Å²) in [6.45, 7) is 9.06. The summed E-state index contributed by atoms with van der Waals surface area (Å²) in [6, 6.07) is 0. The third-order valence-electron chi connectivity index (χ3n) is 3.14. The van der Waals surface area contributed by atoms with Gasteiger partial charge in [-0.05, 0) is 31.6 Å². The molecule has 0 fully saturated rings. The lowest BCUT2D eigenvalue weighted by Crippen LogP contribution is -1.93. The van der Waals surface area contributed by atoms with E-state index in [0.29, 0.717) is 0 Å². The normalized spacial score (nSPS) is 12.4. The Balaban J connectivity index is 3.76. The average Bonchev–Trinajstić information content (AvgIpc) is 2.26. The van der Waals surface area contributed by atoms with Gasteiger partial charge in [-0.3, -0.25) is 0 Å². The van der Waals surface area contributed by atoms with Crippen molar-refractivity contribution in [2.24, 2.45) is 0 Å². The van der Waals surface area contributed by atoms with Gasteiger partial charge in [0, 0.05) is 0 Å². The van der Waals surface area contributed by atoms with Crippen molar-refractivity contribution in [1.82, 2.24) is 0 Å². The minimum Gasteiger partial charge on any atom is -0.0848 e. The largest absolute Gasteiger partial charge is 0.0848 e. The van der Waals surface area contributed by atoms with E-state index in [0.717, 1.165) is 0 Å². The van der Waals surface area contributed by atoms with Gasteiger partial charge in [0.2, 0.25) is 0 Å². The van der Waals surface area contributed by atoms with Crippen LogP contribution in [0.25, 0.3) is 0 Å². The molecule has 16 heavy (non-hydrogen) atoms. The van der Waals surface area contributed by atoms with Gasteiger partial charge >= 0.3 is 0 Å². The molecule has 0 spiro atoms. The Morgan fingerprint density at radius 3 is 2.00 bits per heavy atom. The zero-order valence-electron chi connectivity index (χ0n) is 11.9. The van der Waals surface area contributed by atoms with E-state index in [4.69, 9.17) is 0 Å². The molecule has 95 valence electrons. The third kappa shape index (κ3) is 9.00. The number of rotatable bonds is 10. The van der Waals surface area contributed by atoms with Gasteiger partial charge in [-0.2, -0.15) is 0 Å². The molecule has 0 heteroatoms. The number of hydrogen-bond acceptors (Lipinski definition) is 0. The van der Waals surface area contributed by atoms with Crippen molar-refractivity contribution in [3.63, 3.8) is 0 Å². The van der Waals surface area contributed by atoms with Gasteiger partial charge in [-0.1, -0.05) is 71.4 Å². The first kappa shape index (κ1) is 15.7. The molecule has 1 radical (unpaired) electrons. The summed E-state index contributed by atoms with van der Waals surface area (Å²) < 4.78 is 0. The highest BCUT2D eigenvalue weighted by atomic mass is 14.1. The van der Waals surface area contributed by atoms with Gasteiger partial charge in [0.25, 0.3) is 0 Å². The Bertz CT molecular complexity index is 165. The van der Waals surface area contributed by atoms with Gasteiger partial charge in [0.1, 0.15) is 0 Å². The molecule has 0 bridgehead atoms. The van der Waals surface area contributed by atoms with Crippen molar-refractivity contribution in [1.29, 1.82) is 0 Å². The van der Waals surface area contributed by atoms with Crippen molar-refractivity contribution >= 4 is 0 Å². The molecular formula is C16H31. The lowest BCUT2D eigenvalue weighted by Gasteiger charge is -2.10. The molecule has 0 amide bonds. The standard InChI is InChI=1S/C16H31/c1-5-7-9-10-12-14-16(15(3)4)13-11-8-6-2/h14H,5-13H2,1-4H3. The van der Waals surface area contributed by atoms with Crippen LogP contribution in [0.15, 0.2) is 11.6 Å². The fourth-order valence-electron chi connectivity index (χ4n) is 1.97. The first-order valence-electron chi connectivity index (χ1n) is 7.21. The molecule has 0 aromatic heterocycles. The Labute approximate surface area is 104 Å². The zero-order chi connectivity index (χ0) is 12.2. The maximum absolute atomic E-state index is 2.49. The fourth-order valence-corrected chi connectivity index (χ4v) is 1.97. The highest BCUT2D eigenvalue weighted by molar-refractivity contribution is 5.20. The van der Waals surface area contributed by atoms with E-state index in [-0.39, 0.29) is 0 Å². The summed E-state index contributed by atoms with van der Waals surface area (Å²) in [4.78, 5) is 0. The van der Waals surface area contributed by atoms with E-state index in [1.165, 1.54) is 63.7 Å². The van der Waals surface area contributed by atoms with Crippen molar-refractivity contribution in [3.8, 4) is 0 Å². The van der Waals surface area contributed by atoms with E-state index in [9.17, 15) is 0 Å². The van der Waals surface area contributed by atoms with Gasteiger partial charge < -0.3 is 0 Å². The van der Waals surface area contributed by atoms with Crippen LogP contribution in [0.4, 0.5) is 0 Å². The van der Waals surface area contributed by atoms with Gasteiger partial charge in [0.05, 0.1) is 0 Å². The van der Waals surface area contributed by atoms with E-state index < -0.39 is 0 Å². The van der Waals surface area contributed by atoms with Crippen LogP contribution in [-0.2, 0) is 0 Å².